The summed E-state index contributed by atoms with van der Waals surface area (Å²) < 4.78 is 0. The highest BCUT2D eigenvalue weighted by Gasteiger charge is 2.39. The first-order chi connectivity index (χ1) is 12.9. The minimum Gasteiger partial charge on any atom is -0.336 e. The summed E-state index contributed by atoms with van der Waals surface area (Å²) in [4.78, 5) is 48.5. The molecule has 2 aromatic rings. The number of carbonyl (C=O) groups is 3. The van der Waals surface area contributed by atoms with E-state index in [-0.39, 0.29) is 17.9 Å². The molecule has 9 nitrogen and oxygen atoms in total. The van der Waals surface area contributed by atoms with Gasteiger partial charge in [0.1, 0.15) is 5.92 Å². The van der Waals surface area contributed by atoms with Crippen molar-refractivity contribution in [2.75, 3.05) is 16.8 Å². The number of anilines is 2. The van der Waals surface area contributed by atoms with Crippen molar-refractivity contribution >= 4 is 34.9 Å². The Labute approximate surface area is 154 Å². The molecule has 138 valence electrons. The molecule has 1 heterocycles. The van der Waals surface area contributed by atoms with Gasteiger partial charge < -0.3 is 10.6 Å². The number of aryl methyl sites for hydroxylation is 1. The number of benzene rings is 2. The third-order valence-corrected chi connectivity index (χ3v) is 4.11. The number of hydrogen-bond acceptors (Lipinski definition) is 5. The summed E-state index contributed by atoms with van der Waals surface area (Å²) in [5.41, 5.74) is 1.33. The van der Waals surface area contributed by atoms with Crippen molar-refractivity contribution in [3.05, 3.63) is 64.2 Å². The van der Waals surface area contributed by atoms with Crippen LogP contribution in [0.1, 0.15) is 5.56 Å². The normalized spacial score (nSPS) is 16.6. The lowest BCUT2D eigenvalue weighted by Crippen LogP contribution is -2.58. The van der Waals surface area contributed by atoms with Crippen LogP contribution in [-0.4, -0.2) is 29.3 Å². The van der Waals surface area contributed by atoms with Crippen LogP contribution in [0.3, 0.4) is 0 Å². The molecule has 2 aromatic carbocycles. The molecule has 0 spiro atoms. The number of amides is 4. The highest BCUT2D eigenvalue weighted by Crippen LogP contribution is 2.22. The van der Waals surface area contributed by atoms with Gasteiger partial charge in [-0.1, -0.05) is 23.8 Å². The summed E-state index contributed by atoms with van der Waals surface area (Å²) in [5, 5.41) is 15.8. The van der Waals surface area contributed by atoms with Gasteiger partial charge in [0.25, 0.3) is 5.69 Å². The third-order valence-electron chi connectivity index (χ3n) is 4.11. The summed E-state index contributed by atoms with van der Waals surface area (Å²) in [6, 6.07) is 11.5. The van der Waals surface area contributed by atoms with E-state index in [2.05, 4.69) is 10.6 Å². The van der Waals surface area contributed by atoms with Crippen LogP contribution in [0.2, 0.25) is 0 Å². The van der Waals surface area contributed by atoms with E-state index in [0.29, 0.717) is 5.69 Å². The molecule has 0 aliphatic carbocycles. The van der Waals surface area contributed by atoms with Crippen molar-refractivity contribution in [1.29, 1.82) is 0 Å². The molecule has 1 atom stereocenters. The molecule has 2 N–H and O–H groups in total. The second kappa shape index (κ2) is 7.24. The Balaban J connectivity index is 1.80. The number of nitrogens with one attached hydrogen (secondary N) is 2. The van der Waals surface area contributed by atoms with E-state index in [9.17, 15) is 24.5 Å². The summed E-state index contributed by atoms with van der Waals surface area (Å²) in [5.74, 6) is -2.47. The van der Waals surface area contributed by atoms with Gasteiger partial charge in [0.05, 0.1) is 10.6 Å². The molecule has 1 fully saturated rings. The van der Waals surface area contributed by atoms with Crippen molar-refractivity contribution in [3.63, 3.8) is 0 Å². The van der Waals surface area contributed by atoms with Crippen molar-refractivity contribution < 1.29 is 19.3 Å². The van der Waals surface area contributed by atoms with Crippen LogP contribution in [0.25, 0.3) is 0 Å². The Morgan fingerprint density at radius 2 is 1.93 bits per heavy atom. The second-order valence-electron chi connectivity index (χ2n) is 6.04. The molecule has 1 unspecified atom stereocenters. The smallest absolute Gasteiger partial charge is 0.328 e. The van der Waals surface area contributed by atoms with Crippen LogP contribution in [0.15, 0.2) is 48.5 Å². The first kappa shape index (κ1) is 18.1. The molecular formula is C18H16N4O5. The number of hydrogen-bond donors (Lipinski definition) is 2. The molecule has 4 amide bonds. The zero-order valence-corrected chi connectivity index (χ0v) is 14.3. The predicted molar refractivity (Wildman–Crippen MR) is 97.3 cm³/mol. The number of nitrogens with zero attached hydrogens (tertiary/aromatic N) is 2. The zero-order chi connectivity index (χ0) is 19.6. The van der Waals surface area contributed by atoms with Crippen LogP contribution < -0.4 is 15.5 Å². The largest absolute Gasteiger partial charge is 0.336 e. The van der Waals surface area contributed by atoms with Crippen LogP contribution >= 0.6 is 0 Å². The van der Waals surface area contributed by atoms with E-state index in [0.717, 1.165) is 10.5 Å². The maximum Gasteiger partial charge on any atom is 0.328 e. The molecular weight excluding hydrogens is 352 g/mol. The molecule has 1 aliphatic rings. The molecule has 1 saturated heterocycles. The lowest BCUT2D eigenvalue weighted by molar-refractivity contribution is -0.384. The lowest BCUT2D eigenvalue weighted by Gasteiger charge is -2.30. The number of carbonyl (C=O) groups excluding carboxylic acids is 3. The van der Waals surface area contributed by atoms with Gasteiger partial charge in [-0.05, 0) is 25.1 Å². The Morgan fingerprint density at radius 1 is 1.22 bits per heavy atom. The van der Waals surface area contributed by atoms with Gasteiger partial charge in [0.15, 0.2) is 0 Å². The first-order valence-corrected chi connectivity index (χ1v) is 8.10. The number of urea groups is 1. The molecule has 27 heavy (non-hydrogen) atoms. The van der Waals surface area contributed by atoms with Gasteiger partial charge in [-0.2, -0.15) is 0 Å². The van der Waals surface area contributed by atoms with Gasteiger partial charge in [-0.15, -0.1) is 0 Å². The highest BCUT2D eigenvalue weighted by molar-refractivity contribution is 6.23. The molecule has 0 radical (unpaired) electrons. The third kappa shape index (κ3) is 3.76. The van der Waals surface area contributed by atoms with Gasteiger partial charge in [-0.3, -0.25) is 19.7 Å². The highest BCUT2D eigenvalue weighted by atomic mass is 16.6. The van der Waals surface area contributed by atoms with Crippen LogP contribution in [0.5, 0.6) is 0 Å². The van der Waals surface area contributed by atoms with Crippen molar-refractivity contribution in [3.8, 4) is 0 Å². The van der Waals surface area contributed by atoms with Gasteiger partial charge >= 0.3 is 6.03 Å². The fourth-order valence-electron chi connectivity index (χ4n) is 2.68. The summed E-state index contributed by atoms with van der Waals surface area (Å²) >= 11 is 0. The topological polar surface area (TPSA) is 122 Å². The molecule has 0 bridgehead atoms. The SMILES string of the molecule is Cc1ccc(N2C(=O)NCC(C(=O)Nc3cccc([N+](=O)[O-])c3)C2=O)cc1. The predicted octanol–water partition coefficient (Wildman–Crippen LogP) is 2.21. The quantitative estimate of drug-likeness (QED) is 0.487. The van der Waals surface area contributed by atoms with Gasteiger partial charge in [-0.25, -0.2) is 9.69 Å². The molecule has 3 rings (SSSR count). The minimum absolute atomic E-state index is 0.152. The fourth-order valence-corrected chi connectivity index (χ4v) is 2.68. The summed E-state index contributed by atoms with van der Waals surface area (Å²) in [6.07, 6.45) is 0. The van der Waals surface area contributed by atoms with Gasteiger partial charge in [0, 0.05) is 24.4 Å². The number of rotatable bonds is 4. The number of nitro benzene ring substituents is 1. The summed E-state index contributed by atoms with van der Waals surface area (Å²) in [7, 11) is 0. The average molecular weight is 368 g/mol. The van der Waals surface area contributed by atoms with E-state index in [1.54, 1.807) is 24.3 Å². The van der Waals surface area contributed by atoms with Crippen molar-refractivity contribution in [2.24, 2.45) is 5.92 Å². The van der Waals surface area contributed by atoms with Gasteiger partial charge in [0.2, 0.25) is 11.8 Å². The Bertz CT molecular complexity index is 926. The van der Waals surface area contributed by atoms with E-state index >= 15 is 0 Å². The van der Waals surface area contributed by atoms with E-state index < -0.39 is 28.7 Å². The number of non-ortho nitro benzene ring substituents is 1. The summed E-state index contributed by atoms with van der Waals surface area (Å²) in [6.45, 7) is 1.72. The van der Waals surface area contributed by atoms with Crippen LogP contribution in [0, 0.1) is 23.0 Å². The second-order valence-corrected chi connectivity index (χ2v) is 6.04. The molecule has 9 heteroatoms. The minimum atomic E-state index is -1.15. The van der Waals surface area contributed by atoms with Crippen molar-refractivity contribution in [1.82, 2.24) is 5.32 Å². The Morgan fingerprint density at radius 3 is 2.59 bits per heavy atom. The Hall–Kier alpha value is -3.75. The maximum absolute atomic E-state index is 12.7. The average Bonchev–Trinajstić information content (AvgIpc) is 2.63. The first-order valence-electron chi connectivity index (χ1n) is 8.10. The lowest BCUT2D eigenvalue weighted by atomic mass is 10.0. The monoisotopic (exact) mass is 368 g/mol. The van der Waals surface area contributed by atoms with E-state index in [4.69, 9.17) is 0 Å². The fraction of sp³-hybridized carbons (Fsp3) is 0.167. The van der Waals surface area contributed by atoms with Crippen molar-refractivity contribution in [2.45, 2.75) is 6.92 Å². The number of nitro groups is 1. The number of imide groups is 1. The Kier molecular flexibility index (Phi) is 4.84. The molecule has 0 saturated carbocycles. The van der Waals surface area contributed by atoms with E-state index in [1.807, 2.05) is 6.92 Å². The molecule has 0 aromatic heterocycles. The standard InChI is InChI=1S/C18H16N4O5/c1-11-5-7-13(8-6-11)21-17(24)15(10-19-18(21)25)16(23)20-12-3-2-4-14(9-12)22(26)27/h2-9,15H,10H2,1H3,(H,19,25)(H,20,23). The maximum atomic E-state index is 12.7. The van der Waals surface area contributed by atoms with Crippen LogP contribution in [-0.2, 0) is 9.59 Å². The zero-order valence-electron chi connectivity index (χ0n) is 14.3. The molecule has 1 aliphatic heterocycles. The van der Waals surface area contributed by atoms with E-state index in [1.165, 1.54) is 24.3 Å². The van der Waals surface area contributed by atoms with Crippen LogP contribution in [0.4, 0.5) is 21.9 Å².